The van der Waals surface area contributed by atoms with Crippen LogP contribution >= 0.6 is 0 Å². The first-order valence-corrected chi connectivity index (χ1v) is 4.62. The van der Waals surface area contributed by atoms with Crippen molar-refractivity contribution in [3.8, 4) is 0 Å². The van der Waals surface area contributed by atoms with Crippen LogP contribution in [0.25, 0.3) is 0 Å². The fourth-order valence-electron chi connectivity index (χ4n) is 2.07. The lowest BCUT2D eigenvalue weighted by atomic mass is 9.92. The van der Waals surface area contributed by atoms with Crippen LogP contribution in [0.15, 0.2) is 11.9 Å². The maximum atomic E-state index is 12.3. The van der Waals surface area contributed by atoms with Crippen molar-refractivity contribution < 1.29 is 4.39 Å². The van der Waals surface area contributed by atoms with Crippen LogP contribution in [-0.2, 0) is 0 Å². The normalized spacial score (nSPS) is 34.8. The van der Waals surface area contributed by atoms with Gasteiger partial charge in [-0.2, -0.15) is 0 Å². The van der Waals surface area contributed by atoms with Crippen LogP contribution in [-0.4, -0.2) is 24.0 Å². The molecular formula is C10H18FN. The molecule has 1 aliphatic rings. The molecule has 70 valence electrons. The van der Waals surface area contributed by atoms with E-state index in [1.54, 1.807) is 0 Å². The molecule has 0 spiro atoms. The van der Waals surface area contributed by atoms with Crippen molar-refractivity contribution in [2.24, 2.45) is 0 Å². The second kappa shape index (κ2) is 3.56. The van der Waals surface area contributed by atoms with E-state index in [2.05, 4.69) is 25.8 Å². The maximum Gasteiger partial charge on any atom is 0.0872 e. The molecule has 1 fully saturated rings. The molecule has 0 aliphatic carbocycles. The molecule has 0 saturated carbocycles. The first-order chi connectivity index (χ1) is 5.62. The largest absolute Gasteiger partial charge is 0.297 e. The van der Waals surface area contributed by atoms with E-state index in [1.165, 1.54) is 6.42 Å². The van der Waals surface area contributed by atoms with Gasteiger partial charge < -0.3 is 0 Å². The molecule has 0 aromatic carbocycles. The summed E-state index contributed by atoms with van der Waals surface area (Å²) in [5, 5.41) is 0. The number of halogens is 1. The molecule has 1 rings (SSSR count). The second-order valence-electron chi connectivity index (χ2n) is 4.05. The van der Waals surface area contributed by atoms with Gasteiger partial charge >= 0.3 is 0 Å². The highest BCUT2D eigenvalue weighted by molar-refractivity contribution is 5.14. The van der Waals surface area contributed by atoms with Gasteiger partial charge in [-0.25, -0.2) is 4.39 Å². The third-order valence-electron chi connectivity index (χ3n) is 2.91. The van der Waals surface area contributed by atoms with Crippen molar-refractivity contribution in [3.05, 3.63) is 11.9 Å². The van der Waals surface area contributed by atoms with E-state index in [0.717, 1.165) is 31.3 Å². The Balaban J connectivity index is 2.67. The zero-order valence-corrected chi connectivity index (χ0v) is 8.23. The molecule has 1 aliphatic heterocycles. The molecule has 1 nitrogen and oxygen atoms in total. The number of likely N-dealkylation sites (N-methyl/N-ethyl adjacent to an activating group) is 1. The third-order valence-corrected chi connectivity index (χ3v) is 2.91. The molecule has 0 aromatic heterocycles. The van der Waals surface area contributed by atoms with E-state index in [1.807, 2.05) is 0 Å². The van der Waals surface area contributed by atoms with Gasteiger partial charge in [-0.1, -0.05) is 13.3 Å². The molecule has 12 heavy (non-hydrogen) atoms. The van der Waals surface area contributed by atoms with Crippen molar-refractivity contribution in [1.29, 1.82) is 0 Å². The lowest BCUT2D eigenvalue weighted by Crippen LogP contribution is -2.37. The van der Waals surface area contributed by atoms with Crippen molar-refractivity contribution in [3.63, 3.8) is 0 Å². The van der Waals surface area contributed by atoms with Crippen LogP contribution in [0.5, 0.6) is 0 Å². The molecule has 1 heterocycles. The lowest BCUT2D eigenvalue weighted by Gasteiger charge is -2.31. The smallest absolute Gasteiger partial charge is 0.0872 e. The summed E-state index contributed by atoms with van der Waals surface area (Å²) in [5.74, 6) is 0. The minimum absolute atomic E-state index is 0.201. The third kappa shape index (κ3) is 1.69. The standard InChI is InChI=1S/C10H18FN/c1-4-5-10(2)6-9(7-11)8-12(10)3/h7H,4-6,8H2,1-3H3/b9-7-. The van der Waals surface area contributed by atoms with E-state index in [0.29, 0.717) is 0 Å². The van der Waals surface area contributed by atoms with Gasteiger partial charge in [0.2, 0.25) is 0 Å². The predicted octanol–water partition coefficient (Wildman–Crippen LogP) is 2.73. The van der Waals surface area contributed by atoms with E-state index >= 15 is 0 Å². The highest BCUT2D eigenvalue weighted by Gasteiger charge is 2.35. The van der Waals surface area contributed by atoms with E-state index in [9.17, 15) is 4.39 Å². The first-order valence-electron chi connectivity index (χ1n) is 4.62. The van der Waals surface area contributed by atoms with Gasteiger partial charge in [-0.05, 0) is 32.4 Å². The zero-order valence-electron chi connectivity index (χ0n) is 8.23. The van der Waals surface area contributed by atoms with E-state index in [-0.39, 0.29) is 5.54 Å². The van der Waals surface area contributed by atoms with Crippen LogP contribution in [0.3, 0.4) is 0 Å². The minimum Gasteiger partial charge on any atom is -0.297 e. The zero-order chi connectivity index (χ0) is 9.19. The fraction of sp³-hybridized carbons (Fsp3) is 0.800. The van der Waals surface area contributed by atoms with Crippen LogP contribution in [0, 0.1) is 0 Å². The number of likely N-dealkylation sites (tertiary alicyclic amines) is 1. The average molecular weight is 171 g/mol. The van der Waals surface area contributed by atoms with E-state index in [4.69, 9.17) is 0 Å². The Morgan fingerprint density at radius 3 is 2.75 bits per heavy atom. The number of hydrogen-bond acceptors (Lipinski definition) is 1. The molecule has 0 bridgehead atoms. The summed E-state index contributed by atoms with van der Waals surface area (Å²) >= 11 is 0. The molecule has 0 radical (unpaired) electrons. The Morgan fingerprint density at radius 1 is 1.67 bits per heavy atom. The molecule has 2 heteroatoms. The Kier molecular flexibility index (Phi) is 2.89. The molecular weight excluding hydrogens is 153 g/mol. The van der Waals surface area contributed by atoms with Gasteiger partial charge in [-0.15, -0.1) is 0 Å². The molecule has 1 saturated heterocycles. The Bertz CT molecular complexity index is 188. The van der Waals surface area contributed by atoms with Crippen LogP contribution in [0.1, 0.15) is 33.1 Å². The van der Waals surface area contributed by atoms with Crippen molar-refractivity contribution >= 4 is 0 Å². The number of nitrogens with zero attached hydrogens (tertiary/aromatic N) is 1. The van der Waals surface area contributed by atoms with E-state index < -0.39 is 0 Å². The molecule has 1 atom stereocenters. The molecule has 0 amide bonds. The lowest BCUT2D eigenvalue weighted by molar-refractivity contribution is 0.181. The monoisotopic (exact) mass is 171 g/mol. The Hall–Kier alpha value is -0.370. The maximum absolute atomic E-state index is 12.3. The van der Waals surface area contributed by atoms with Gasteiger partial charge in [0, 0.05) is 12.1 Å². The quantitative estimate of drug-likeness (QED) is 0.617. The van der Waals surface area contributed by atoms with Gasteiger partial charge in [-0.3, -0.25) is 4.90 Å². The van der Waals surface area contributed by atoms with Crippen molar-refractivity contribution in [1.82, 2.24) is 4.90 Å². The minimum atomic E-state index is 0.201. The van der Waals surface area contributed by atoms with Gasteiger partial charge in [0.25, 0.3) is 0 Å². The SMILES string of the molecule is CCCC1(C)C/C(=C/F)CN1C. The summed E-state index contributed by atoms with van der Waals surface area (Å²) < 4.78 is 12.3. The molecule has 0 aromatic rings. The summed E-state index contributed by atoms with van der Waals surface area (Å²) in [7, 11) is 2.08. The highest BCUT2D eigenvalue weighted by atomic mass is 19.1. The first kappa shape index (κ1) is 9.72. The Labute approximate surface area is 74.3 Å². The number of rotatable bonds is 2. The van der Waals surface area contributed by atoms with Crippen molar-refractivity contribution in [2.45, 2.75) is 38.6 Å². The fourth-order valence-corrected chi connectivity index (χ4v) is 2.07. The second-order valence-corrected chi connectivity index (χ2v) is 4.05. The highest BCUT2D eigenvalue weighted by Crippen LogP contribution is 2.34. The summed E-state index contributed by atoms with van der Waals surface area (Å²) in [6.45, 7) is 5.19. The summed E-state index contributed by atoms with van der Waals surface area (Å²) in [5.41, 5.74) is 1.14. The van der Waals surface area contributed by atoms with Crippen LogP contribution < -0.4 is 0 Å². The number of hydrogen-bond donors (Lipinski definition) is 0. The topological polar surface area (TPSA) is 3.24 Å². The van der Waals surface area contributed by atoms with Gasteiger partial charge in [0.05, 0.1) is 6.33 Å². The molecule has 1 unspecified atom stereocenters. The van der Waals surface area contributed by atoms with Crippen LogP contribution in [0.4, 0.5) is 4.39 Å². The summed E-state index contributed by atoms with van der Waals surface area (Å²) in [6.07, 6.45) is 3.99. The average Bonchev–Trinajstić information content (AvgIpc) is 2.29. The van der Waals surface area contributed by atoms with Gasteiger partial charge in [0.1, 0.15) is 0 Å². The summed E-state index contributed by atoms with van der Waals surface area (Å²) in [6, 6.07) is 0. The van der Waals surface area contributed by atoms with Crippen molar-refractivity contribution in [2.75, 3.05) is 13.6 Å². The van der Waals surface area contributed by atoms with Crippen LogP contribution in [0.2, 0.25) is 0 Å². The summed E-state index contributed by atoms with van der Waals surface area (Å²) in [4.78, 5) is 2.25. The molecule has 0 N–H and O–H groups in total. The van der Waals surface area contributed by atoms with Gasteiger partial charge in [0.15, 0.2) is 0 Å². The predicted molar refractivity (Wildman–Crippen MR) is 49.8 cm³/mol. The Morgan fingerprint density at radius 2 is 2.33 bits per heavy atom.